The van der Waals surface area contributed by atoms with Gasteiger partial charge < -0.3 is 0 Å². The van der Waals surface area contributed by atoms with Crippen LogP contribution in [0.15, 0.2) is 18.2 Å². The van der Waals surface area contributed by atoms with Gasteiger partial charge in [-0.3, -0.25) is 0 Å². The maximum Gasteiger partial charge on any atom is -0.0105 e. The first-order valence-corrected chi connectivity index (χ1v) is 8.49. The second-order valence-corrected chi connectivity index (χ2v) is 7.71. The topological polar surface area (TPSA) is 0 Å². The maximum atomic E-state index is 2.48. The van der Waals surface area contributed by atoms with E-state index in [-0.39, 0.29) is 0 Å². The first kappa shape index (κ1) is 15.6. The van der Waals surface area contributed by atoms with Crippen molar-refractivity contribution in [2.45, 2.75) is 66.7 Å². The Morgan fingerprint density at radius 3 is 2.35 bits per heavy atom. The molecule has 1 fully saturated rings. The van der Waals surface area contributed by atoms with E-state index in [0.29, 0.717) is 0 Å². The molecule has 0 saturated heterocycles. The van der Waals surface area contributed by atoms with Crippen LogP contribution in [0.1, 0.15) is 70.1 Å². The van der Waals surface area contributed by atoms with E-state index in [1.165, 1.54) is 24.8 Å². The molecule has 1 aromatic carbocycles. The predicted molar refractivity (Wildman–Crippen MR) is 89.2 cm³/mol. The first-order valence-electron chi connectivity index (χ1n) is 8.49. The molecule has 0 amide bonds. The van der Waals surface area contributed by atoms with Gasteiger partial charge in [0.25, 0.3) is 0 Å². The van der Waals surface area contributed by atoms with Gasteiger partial charge in [-0.2, -0.15) is 0 Å². The van der Waals surface area contributed by atoms with Crippen LogP contribution in [0.5, 0.6) is 0 Å². The average Bonchev–Trinajstić information content (AvgIpc) is 2.61. The molecule has 0 bridgehead atoms. The van der Waals surface area contributed by atoms with Gasteiger partial charge in [0, 0.05) is 0 Å². The van der Waals surface area contributed by atoms with Crippen molar-refractivity contribution in [3.63, 3.8) is 0 Å². The Kier molecular flexibility index (Phi) is 4.94. The van der Waals surface area contributed by atoms with Gasteiger partial charge in [0.05, 0.1) is 0 Å². The van der Waals surface area contributed by atoms with E-state index in [1.54, 1.807) is 11.1 Å². The normalized spacial score (nSPS) is 30.1. The van der Waals surface area contributed by atoms with Crippen LogP contribution in [0.2, 0.25) is 0 Å². The highest BCUT2D eigenvalue weighted by atomic mass is 14.4. The van der Waals surface area contributed by atoms with E-state index in [0.717, 1.165) is 29.6 Å². The number of benzene rings is 1. The van der Waals surface area contributed by atoms with Crippen molar-refractivity contribution in [1.82, 2.24) is 0 Å². The van der Waals surface area contributed by atoms with Gasteiger partial charge in [-0.15, -0.1) is 0 Å². The summed E-state index contributed by atoms with van der Waals surface area (Å²) in [6.45, 7) is 14.3. The molecule has 1 aromatic rings. The lowest BCUT2D eigenvalue weighted by Gasteiger charge is -2.25. The smallest absolute Gasteiger partial charge is 0.0105 e. The highest BCUT2D eigenvalue weighted by molar-refractivity contribution is 5.36. The Bertz CT molecular complexity index is 443. The lowest BCUT2D eigenvalue weighted by molar-refractivity contribution is 0.411. The molecule has 1 aliphatic carbocycles. The SMILES string of the molecule is Cc1ccc(CCC(C)C)c(C2C(C)CC(C)C2C)c1. The Morgan fingerprint density at radius 1 is 1.10 bits per heavy atom. The standard InChI is InChI=1S/C20H32/c1-13(2)7-9-18-10-8-14(3)11-19(18)20-16(5)12-15(4)17(20)6/h8,10-11,13,15-17,20H,7,9,12H2,1-6H3. The fourth-order valence-corrected chi connectivity index (χ4v) is 4.11. The molecule has 0 aromatic heterocycles. The second-order valence-electron chi connectivity index (χ2n) is 7.71. The van der Waals surface area contributed by atoms with Crippen molar-refractivity contribution in [2.24, 2.45) is 23.7 Å². The Balaban J connectivity index is 2.31. The first-order chi connectivity index (χ1) is 9.40. The molecule has 0 aliphatic heterocycles. The minimum absolute atomic E-state index is 0.770. The molecule has 0 heterocycles. The van der Waals surface area contributed by atoms with Gasteiger partial charge in [-0.25, -0.2) is 0 Å². The molecular formula is C20H32. The molecule has 1 saturated carbocycles. The highest BCUT2D eigenvalue weighted by Crippen LogP contribution is 2.48. The van der Waals surface area contributed by atoms with Crippen molar-refractivity contribution >= 4 is 0 Å². The summed E-state index contributed by atoms with van der Waals surface area (Å²) in [5.74, 6) is 4.09. The third-order valence-corrected chi connectivity index (χ3v) is 5.47. The number of hydrogen-bond acceptors (Lipinski definition) is 0. The molecule has 2 rings (SSSR count). The van der Waals surface area contributed by atoms with Gasteiger partial charge in [0.1, 0.15) is 0 Å². The molecule has 20 heavy (non-hydrogen) atoms. The third kappa shape index (κ3) is 3.27. The quantitative estimate of drug-likeness (QED) is 0.632. The van der Waals surface area contributed by atoms with Crippen molar-refractivity contribution in [3.8, 4) is 0 Å². The molecule has 1 aliphatic rings. The molecule has 0 N–H and O–H groups in total. The van der Waals surface area contributed by atoms with Crippen LogP contribution in [0.4, 0.5) is 0 Å². The van der Waals surface area contributed by atoms with Crippen LogP contribution in [0.3, 0.4) is 0 Å². The lowest BCUT2D eigenvalue weighted by atomic mass is 9.79. The zero-order valence-corrected chi connectivity index (χ0v) is 14.2. The van der Waals surface area contributed by atoms with E-state index < -0.39 is 0 Å². The van der Waals surface area contributed by atoms with Gasteiger partial charge in [-0.1, -0.05) is 58.4 Å². The molecule has 0 heteroatoms. The fraction of sp³-hybridized carbons (Fsp3) is 0.700. The third-order valence-electron chi connectivity index (χ3n) is 5.47. The molecule has 4 unspecified atom stereocenters. The summed E-state index contributed by atoms with van der Waals surface area (Å²) in [5, 5.41) is 0. The van der Waals surface area contributed by atoms with Crippen LogP contribution in [-0.4, -0.2) is 0 Å². The van der Waals surface area contributed by atoms with Crippen molar-refractivity contribution in [2.75, 3.05) is 0 Å². The van der Waals surface area contributed by atoms with Crippen LogP contribution >= 0.6 is 0 Å². The molecule has 0 spiro atoms. The predicted octanol–water partition coefficient (Wildman–Crippen LogP) is 5.98. The summed E-state index contributed by atoms with van der Waals surface area (Å²) >= 11 is 0. The summed E-state index contributed by atoms with van der Waals surface area (Å²) in [6, 6.07) is 7.17. The van der Waals surface area contributed by atoms with Crippen molar-refractivity contribution < 1.29 is 0 Å². The van der Waals surface area contributed by atoms with E-state index in [1.807, 2.05) is 0 Å². The van der Waals surface area contributed by atoms with E-state index >= 15 is 0 Å². The van der Waals surface area contributed by atoms with Crippen LogP contribution in [0.25, 0.3) is 0 Å². The zero-order chi connectivity index (χ0) is 14.9. The summed E-state index contributed by atoms with van der Waals surface area (Å²) in [6.07, 6.45) is 3.95. The fourth-order valence-electron chi connectivity index (χ4n) is 4.11. The highest BCUT2D eigenvalue weighted by Gasteiger charge is 2.37. The molecule has 0 nitrogen and oxygen atoms in total. The maximum absolute atomic E-state index is 2.48. The zero-order valence-electron chi connectivity index (χ0n) is 14.2. The van der Waals surface area contributed by atoms with Crippen LogP contribution in [0, 0.1) is 30.6 Å². The van der Waals surface area contributed by atoms with Crippen molar-refractivity contribution in [1.29, 1.82) is 0 Å². The van der Waals surface area contributed by atoms with E-state index in [9.17, 15) is 0 Å². The van der Waals surface area contributed by atoms with Crippen LogP contribution < -0.4 is 0 Å². The van der Waals surface area contributed by atoms with Crippen LogP contribution in [-0.2, 0) is 6.42 Å². The van der Waals surface area contributed by atoms with Crippen molar-refractivity contribution in [3.05, 3.63) is 34.9 Å². The summed E-state index contributed by atoms with van der Waals surface area (Å²) in [5.41, 5.74) is 4.70. The average molecular weight is 272 g/mol. The molecule has 4 atom stereocenters. The Hall–Kier alpha value is -0.780. The van der Waals surface area contributed by atoms with Gasteiger partial charge >= 0.3 is 0 Å². The van der Waals surface area contributed by atoms with E-state index in [2.05, 4.69) is 59.7 Å². The monoisotopic (exact) mass is 272 g/mol. The van der Waals surface area contributed by atoms with Gasteiger partial charge in [0.2, 0.25) is 0 Å². The second kappa shape index (κ2) is 6.33. The summed E-state index contributed by atoms with van der Waals surface area (Å²) in [4.78, 5) is 0. The lowest BCUT2D eigenvalue weighted by Crippen LogP contribution is -2.13. The van der Waals surface area contributed by atoms with Gasteiger partial charge in [-0.05, 0) is 66.9 Å². The Morgan fingerprint density at radius 2 is 1.80 bits per heavy atom. The Labute approximate surface area is 126 Å². The number of rotatable bonds is 4. The molecular weight excluding hydrogens is 240 g/mol. The molecule has 112 valence electrons. The summed E-state index contributed by atoms with van der Waals surface area (Å²) < 4.78 is 0. The largest absolute Gasteiger partial charge is 0.0628 e. The van der Waals surface area contributed by atoms with Gasteiger partial charge in [0.15, 0.2) is 0 Å². The number of aryl methyl sites for hydroxylation is 2. The van der Waals surface area contributed by atoms with E-state index in [4.69, 9.17) is 0 Å². The minimum atomic E-state index is 0.770. The molecule has 0 radical (unpaired) electrons. The minimum Gasteiger partial charge on any atom is -0.0628 e. The number of hydrogen-bond donors (Lipinski definition) is 0. The summed E-state index contributed by atoms with van der Waals surface area (Å²) in [7, 11) is 0.